The summed E-state index contributed by atoms with van der Waals surface area (Å²) in [5, 5.41) is 10.8. The lowest BCUT2D eigenvalue weighted by Gasteiger charge is -2.39. The third kappa shape index (κ3) is 5.13. The summed E-state index contributed by atoms with van der Waals surface area (Å²) in [6.07, 6.45) is 0. The van der Waals surface area contributed by atoms with E-state index in [4.69, 9.17) is 27.6 Å². The Labute approximate surface area is 191 Å². The maximum atomic E-state index is 11.9. The van der Waals surface area contributed by atoms with Crippen LogP contribution in [0.1, 0.15) is 28.7 Å². The van der Waals surface area contributed by atoms with Crippen LogP contribution in [-0.2, 0) is 12.4 Å². The Morgan fingerprint density at radius 2 is 1.61 bits per heavy atom. The molecule has 4 rings (SSSR count). The van der Waals surface area contributed by atoms with Crippen LogP contribution < -0.4 is 5.43 Å². The lowest BCUT2D eigenvalue weighted by atomic mass is 9.96. The van der Waals surface area contributed by atoms with E-state index in [9.17, 15) is 9.90 Å². The molecule has 1 unspecified atom stereocenters. The monoisotopic (exact) mass is 458 g/mol. The van der Waals surface area contributed by atoms with Crippen LogP contribution in [0.3, 0.4) is 0 Å². The molecule has 0 bridgehead atoms. The minimum Gasteiger partial charge on any atom is -0.502 e. The van der Waals surface area contributed by atoms with Crippen LogP contribution in [0.4, 0.5) is 0 Å². The first kappa shape index (κ1) is 21.9. The maximum Gasteiger partial charge on any atom is 0.227 e. The van der Waals surface area contributed by atoms with E-state index in [-0.39, 0.29) is 23.4 Å². The van der Waals surface area contributed by atoms with Crippen molar-refractivity contribution >= 4 is 23.2 Å². The third-order valence-corrected chi connectivity index (χ3v) is 6.13. The number of piperazine rings is 1. The van der Waals surface area contributed by atoms with Crippen LogP contribution in [0.5, 0.6) is 5.75 Å². The van der Waals surface area contributed by atoms with Crippen molar-refractivity contribution in [3.05, 3.63) is 98.6 Å². The molecule has 1 aliphatic rings. The second-order valence-corrected chi connectivity index (χ2v) is 8.36. The van der Waals surface area contributed by atoms with Crippen molar-refractivity contribution in [1.82, 2.24) is 9.80 Å². The van der Waals surface area contributed by atoms with Crippen molar-refractivity contribution in [1.29, 1.82) is 0 Å². The molecule has 5 nitrogen and oxygen atoms in total. The van der Waals surface area contributed by atoms with Crippen LogP contribution in [0.2, 0.25) is 5.02 Å². The molecule has 0 saturated carbocycles. The van der Waals surface area contributed by atoms with Gasteiger partial charge in [-0.05, 0) is 23.3 Å². The van der Waals surface area contributed by atoms with Crippen LogP contribution in [0, 0.1) is 0 Å². The summed E-state index contributed by atoms with van der Waals surface area (Å²) in [5.41, 5.74) is 1.97. The molecule has 0 aliphatic carbocycles. The summed E-state index contributed by atoms with van der Waals surface area (Å²) < 4.78 is 5.62. The molecular formula is C24H24Cl2N2O3. The first-order valence-electron chi connectivity index (χ1n) is 10.2. The average Bonchev–Trinajstić information content (AvgIpc) is 2.80. The summed E-state index contributed by atoms with van der Waals surface area (Å²) in [6.45, 7) is 3.61. The SMILES string of the molecule is O=c1cc(CCl)oc(CN2CCN(C(c3ccccc3)c3ccc(Cl)cc3)CC2)c1O. The van der Waals surface area contributed by atoms with Crippen molar-refractivity contribution in [3.63, 3.8) is 0 Å². The zero-order valence-electron chi connectivity index (χ0n) is 17.0. The number of aromatic hydroxyl groups is 1. The Morgan fingerprint density at radius 1 is 0.968 bits per heavy atom. The first-order chi connectivity index (χ1) is 15.0. The number of alkyl halides is 1. The van der Waals surface area contributed by atoms with Gasteiger partial charge in [0.05, 0.1) is 18.5 Å². The maximum absolute atomic E-state index is 11.9. The van der Waals surface area contributed by atoms with Gasteiger partial charge in [-0.25, -0.2) is 0 Å². The molecule has 1 aliphatic heterocycles. The fourth-order valence-electron chi connectivity index (χ4n) is 4.04. The van der Waals surface area contributed by atoms with E-state index in [0.29, 0.717) is 12.3 Å². The normalized spacial score (nSPS) is 16.3. The zero-order chi connectivity index (χ0) is 21.8. The van der Waals surface area contributed by atoms with E-state index in [2.05, 4.69) is 46.2 Å². The van der Waals surface area contributed by atoms with Crippen molar-refractivity contribution < 1.29 is 9.52 Å². The Balaban J connectivity index is 1.50. The highest BCUT2D eigenvalue weighted by atomic mass is 35.5. The Kier molecular flexibility index (Phi) is 6.98. The Bertz CT molecular complexity index is 1060. The summed E-state index contributed by atoms with van der Waals surface area (Å²) in [5.74, 6) is 0.398. The summed E-state index contributed by atoms with van der Waals surface area (Å²) in [4.78, 5) is 16.6. The number of benzene rings is 2. The number of halogens is 2. The molecule has 3 aromatic rings. The molecule has 1 atom stereocenters. The van der Waals surface area contributed by atoms with Crippen LogP contribution >= 0.6 is 23.2 Å². The molecular weight excluding hydrogens is 435 g/mol. The molecule has 0 radical (unpaired) electrons. The average molecular weight is 459 g/mol. The predicted octanol–water partition coefficient (Wildman–Crippen LogP) is 4.64. The summed E-state index contributed by atoms with van der Waals surface area (Å²) in [7, 11) is 0. The van der Waals surface area contributed by atoms with Gasteiger partial charge in [-0.15, -0.1) is 11.6 Å². The van der Waals surface area contributed by atoms with E-state index in [0.717, 1.165) is 31.2 Å². The molecule has 0 spiro atoms. The van der Waals surface area contributed by atoms with Gasteiger partial charge in [0.1, 0.15) is 5.76 Å². The highest BCUT2D eigenvalue weighted by Gasteiger charge is 2.27. The van der Waals surface area contributed by atoms with Crippen molar-refractivity contribution in [2.24, 2.45) is 0 Å². The van der Waals surface area contributed by atoms with E-state index < -0.39 is 5.43 Å². The molecule has 162 valence electrons. The van der Waals surface area contributed by atoms with E-state index in [1.54, 1.807) is 0 Å². The second kappa shape index (κ2) is 9.88. The summed E-state index contributed by atoms with van der Waals surface area (Å²) in [6, 6.07) is 19.8. The molecule has 1 aromatic heterocycles. The molecule has 1 fully saturated rings. The minimum atomic E-state index is -0.456. The van der Waals surface area contributed by atoms with Gasteiger partial charge in [-0.3, -0.25) is 14.6 Å². The highest BCUT2D eigenvalue weighted by molar-refractivity contribution is 6.30. The second-order valence-electron chi connectivity index (χ2n) is 7.66. The van der Waals surface area contributed by atoms with Crippen LogP contribution in [0.25, 0.3) is 0 Å². The molecule has 2 heterocycles. The van der Waals surface area contributed by atoms with Crippen LogP contribution in [-0.4, -0.2) is 41.1 Å². The lowest BCUT2D eigenvalue weighted by Crippen LogP contribution is -2.47. The van der Waals surface area contributed by atoms with E-state index >= 15 is 0 Å². The third-order valence-electron chi connectivity index (χ3n) is 5.62. The van der Waals surface area contributed by atoms with Crippen molar-refractivity contribution in [3.8, 4) is 5.75 Å². The van der Waals surface area contributed by atoms with Crippen molar-refractivity contribution in [2.45, 2.75) is 18.5 Å². The molecule has 31 heavy (non-hydrogen) atoms. The summed E-state index contributed by atoms with van der Waals surface area (Å²) >= 11 is 11.9. The Hall–Kier alpha value is -2.31. The van der Waals surface area contributed by atoms with E-state index in [1.165, 1.54) is 17.2 Å². The topological polar surface area (TPSA) is 56.9 Å². The first-order valence-corrected chi connectivity index (χ1v) is 11.1. The van der Waals surface area contributed by atoms with Gasteiger partial charge < -0.3 is 9.52 Å². The fraction of sp³-hybridized carbons (Fsp3) is 0.292. The van der Waals surface area contributed by atoms with Gasteiger partial charge in [0, 0.05) is 37.3 Å². The van der Waals surface area contributed by atoms with Gasteiger partial charge >= 0.3 is 0 Å². The van der Waals surface area contributed by atoms with Crippen LogP contribution in [0.15, 0.2) is 69.9 Å². The fourth-order valence-corrected chi connectivity index (χ4v) is 4.30. The number of nitrogens with zero attached hydrogens (tertiary/aromatic N) is 2. The largest absolute Gasteiger partial charge is 0.502 e. The quantitative estimate of drug-likeness (QED) is 0.545. The number of rotatable bonds is 6. The zero-order valence-corrected chi connectivity index (χ0v) is 18.5. The molecule has 1 saturated heterocycles. The van der Waals surface area contributed by atoms with Crippen molar-refractivity contribution in [2.75, 3.05) is 26.2 Å². The molecule has 2 aromatic carbocycles. The number of hydrogen-bond donors (Lipinski definition) is 1. The number of hydrogen-bond acceptors (Lipinski definition) is 5. The molecule has 0 amide bonds. The van der Waals surface area contributed by atoms with Gasteiger partial charge in [0.2, 0.25) is 11.2 Å². The van der Waals surface area contributed by atoms with Gasteiger partial charge in [0.15, 0.2) is 5.76 Å². The van der Waals surface area contributed by atoms with E-state index in [1.807, 2.05) is 18.2 Å². The Morgan fingerprint density at radius 3 is 2.26 bits per heavy atom. The van der Waals surface area contributed by atoms with Gasteiger partial charge in [0.25, 0.3) is 0 Å². The predicted molar refractivity (Wildman–Crippen MR) is 123 cm³/mol. The minimum absolute atomic E-state index is 0.0934. The smallest absolute Gasteiger partial charge is 0.227 e. The molecule has 1 N–H and O–H groups in total. The van der Waals surface area contributed by atoms with Gasteiger partial charge in [-0.2, -0.15) is 0 Å². The standard InChI is InChI=1S/C24H24Cl2N2O3/c25-15-20-14-21(29)24(30)22(31-20)16-27-10-12-28(13-11-27)23(17-4-2-1-3-5-17)18-6-8-19(26)9-7-18/h1-9,14,23,30H,10-13,15-16H2. The lowest BCUT2D eigenvalue weighted by molar-refractivity contribution is 0.0978. The van der Waals surface area contributed by atoms with Gasteiger partial charge in [-0.1, -0.05) is 54.1 Å². The highest BCUT2D eigenvalue weighted by Crippen LogP contribution is 2.30. The molecule has 7 heteroatoms.